The SMILES string of the molecule is CCc1nn(C)c(CC(N)C(=O)OC)c1Br. The lowest BCUT2D eigenvalue weighted by Crippen LogP contribution is -2.34. The molecule has 0 aliphatic carbocycles. The van der Waals surface area contributed by atoms with Gasteiger partial charge in [-0.3, -0.25) is 9.48 Å². The van der Waals surface area contributed by atoms with Crippen LogP contribution in [0.2, 0.25) is 0 Å². The standard InChI is InChI=1S/C10H16BrN3O2/c1-4-7-9(11)8(14(2)13-7)5-6(12)10(15)16-3/h6H,4-5,12H2,1-3H3. The minimum atomic E-state index is -0.651. The Morgan fingerprint density at radius 3 is 2.75 bits per heavy atom. The second kappa shape index (κ2) is 5.45. The van der Waals surface area contributed by atoms with E-state index < -0.39 is 12.0 Å². The summed E-state index contributed by atoms with van der Waals surface area (Å²) in [4.78, 5) is 11.2. The number of aromatic nitrogens is 2. The topological polar surface area (TPSA) is 70.1 Å². The first-order valence-corrected chi connectivity index (χ1v) is 5.84. The Kier molecular flexibility index (Phi) is 4.49. The Balaban J connectivity index is 2.89. The van der Waals surface area contributed by atoms with Crippen LogP contribution in [-0.2, 0) is 29.4 Å². The van der Waals surface area contributed by atoms with E-state index in [-0.39, 0.29) is 0 Å². The third-order valence-electron chi connectivity index (χ3n) is 2.42. The van der Waals surface area contributed by atoms with Crippen molar-refractivity contribution in [3.05, 3.63) is 15.9 Å². The summed E-state index contributed by atoms with van der Waals surface area (Å²) in [5, 5.41) is 4.33. The highest BCUT2D eigenvalue weighted by Crippen LogP contribution is 2.22. The van der Waals surface area contributed by atoms with Gasteiger partial charge in [0.2, 0.25) is 0 Å². The largest absolute Gasteiger partial charge is 0.468 e. The molecule has 5 nitrogen and oxygen atoms in total. The molecule has 0 aliphatic rings. The molecule has 0 radical (unpaired) electrons. The molecule has 16 heavy (non-hydrogen) atoms. The molecule has 0 saturated heterocycles. The summed E-state index contributed by atoms with van der Waals surface area (Å²) in [6.07, 6.45) is 1.25. The van der Waals surface area contributed by atoms with Gasteiger partial charge in [0, 0.05) is 13.5 Å². The van der Waals surface area contributed by atoms with Crippen LogP contribution in [0.3, 0.4) is 0 Å². The van der Waals surface area contributed by atoms with Crippen LogP contribution in [0.25, 0.3) is 0 Å². The molecule has 0 bridgehead atoms. The van der Waals surface area contributed by atoms with Gasteiger partial charge in [-0.05, 0) is 22.4 Å². The summed E-state index contributed by atoms with van der Waals surface area (Å²) in [5.41, 5.74) is 7.59. The monoisotopic (exact) mass is 289 g/mol. The Hall–Kier alpha value is -0.880. The molecule has 0 fully saturated rings. The number of nitrogens with two attached hydrogens (primary N) is 1. The predicted octanol–water partition coefficient (Wildman–Crippen LogP) is 0.788. The summed E-state index contributed by atoms with van der Waals surface area (Å²) >= 11 is 3.47. The molecule has 1 unspecified atom stereocenters. The molecule has 1 heterocycles. The number of rotatable bonds is 4. The van der Waals surface area contributed by atoms with E-state index in [0.717, 1.165) is 22.3 Å². The third kappa shape index (κ3) is 2.62. The number of ether oxygens (including phenoxy) is 1. The van der Waals surface area contributed by atoms with E-state index in [1.54, 1.807) is 4.68 Å². The highest BCUT2D eigenvalue weighted by Gasteiger charge is 2.20. The first-order chi connectivity index (χ1) is 7.51. The van der Waals surface area contributed by atoms with Crippen molar-refractivity contribution in [2.45, 2.75) is 25.8 Å². The first-order valence-electron chi connectivity index (χ1n) is 5.04. The van der Waals surface area contributed by atoms with Gasteiger partial charge >= 0.3 is 5.97 Å². The lowest BCUT2D eigenvalue weighted by molar-refractivity contribution is -0.142. The fourth-order valence-corrected chi connectivity index (χ4v) is 2.26. The molecule has 1 atom stereocenters. The van der Waals surface area contributed by atoms with Gasteiger partial charge in [0.05, 0.1) is 23.0 Å². The maximum atomic E-state index is 11.2. The van der Waals surface area contributed by atoms with Crippen LogP contribution >= 0.6 is 15.9 Å². The Morgan fingerprint density at radius 2 is 2.31 bits per heavy atom. The maximum Gasteiger partial charge on any atom is 0.323 e. The lowest BCUT2D eigenvalue weighted by atomic mass is 10.1. The van der Waals surface area contributed by atoms with Gasteiger partial charge in [-0.2, -0.15) is 5.10 Å². The highest BCUT2D eigenvalue weighted by atomic mass is 79.9. The van der Waals surface area contributed by atoms with Crippen LogP contribution in [0.15, 0.2) is 4.47 Å². The highest BCUT2D eigenvalue weighted by molar-refractivity contribution is 9.10. The number of esters is 1. The molecule has 0 amide bonds. The number of carbonyl (C=O) groups excluding carboxylic acids is 1. The van der Waals surface area contributed by atoms with Crippen molar-refractivity contribution in [3.8, 4) is 0 Å². The number of carbonyl (C=O) groups is 1. The molecule has 90 valence electrons. The molecule has 1 aromatic heterocycles. The van der Waals surface area contributed by atoms with E-state index in [9.17, 15) is 4.79 Å². The van der Waals surface area contributed by atoms with E-state index in [1.165, 1.54) is 7.11 Å². The number of aryl methyl sites for hydroxylation is 2. The zero-order valence-electron chi connectivity index (χ0n) is 9.66. The van der Waals surface area contributed by atoms with Gasteiger partial charge in [0.1, 0.15) is 6.04 Å². The van der Waals surface area contributed by atoms with E-state index in [0.29, 0.717) is 6.42 Å². The van der Waals surface area contributed by atoms with Gasteiger partial charge in [0.15, 0.2) is 0 Å². The number of halogens is 1. The van der Waals surface area contributed by atoms with E-state index in [2.05, 4.69) is 25.8 Å². The number of hydrogen-bond acceptors (Lipinski definition) is 4. The van der Waals surface area contributed by atoms with Crippen molar-refractivity contribution in [1.29, 1.82) is 0 Å². The average Bonchev–Trinajstić information content (AvgIpc) is 2.55. The molecule has 1 rings (SSSR count). The quantitative estimate of drug-likeness (QED) is 0.832. The second-order valence-electron chi connectivity index (χ2n) is 3.52. The number of hydrogen-bond donors (Lipinski definition) is 1. The van der Waals surface area contributed by atoms with Crippen molar-refractivity contribution in [1.82, 2.24) is 9.78 Å². The molecule has 6 heteroatoms. The fourth-order valence-electron chi connectivity index (χ4n) is 1.48. The van der Waals surface area contributed by atoms with Crippen LogP contribution in [0.5, 0.6) is 0 Å². The summed E-state index contributed by atoms with van der Waals surface area (Å²) in [6, 6.07) is -0.651. The maximum absolute atomic E-state index is 11.2. The summed E-state index contributed by atoms with van der Waals surface area (Å²) in [5.74, 6) is -0.411. The summed E-state index contributed by atoms with van der Waals surface area (Å²) in [6.45, 7) is 2.02. The minimum Gasteiger partial charge on any atom is -0.468 e. The predicted molar refractivity (Wildman–Crippen MR) is 64.0 cm³/mol. The summed E-state index contributed by atoms with van der Waals surface area (Å²) < 4.78 is 7.26. The van der Waals surface area contributed by atoms with Crippen molar-refractivity contribution in [3.63, 3.8) is 0 Å². The molecule has 0 aliphatic heterocycles. The third-order valence-corrected chi connectivity index (χ3v) is 3.34. The molecule has 0 aromatic carbocycles. The van der Waals surface area contributed by atoms with Crippen LogP contribution in [-0.4, -0.2) is 28.9 Å². The van der Waals surface area contributed by atoms with Crippen molar-refractivity contribution < 1.29 is 9.53 Å². The van der Waals surface area contributed by atoms with Gasteiger partial charge in [0.25, 0.3) is 0 Å². The van der Waals surface area contributed by atoms with E-state index in [4.69, 9.17) is 5.73 Å². The number of methoxy groups -OCH3 is 1. The number of nitrogens with zero attached hydrogens (tertiary/aromatic N) is 2. The van der Waals surface area contributed by atoms with Crippen LogP contribution < -0.4 is 5.73 Å². The van der Waals surface area contributed by atoms with Crippen molar-refractivity contribution in [2.75, 3.05) is 7.11 Å². The van der Waals surface area contributed by atoms with E-state index >= 15 is 0 Å². The second-order valence-corrected chi connectivity index (χ2v) is 4.31. The zero-order valence-corrected chi connectivity index (χ0v) is 11.2. The van der Waals surface area contributed by atoms with Crippen molar-refractivity contribution >= 4 is 21.9 Å². The van der Waals surface area contributed by atoms with Crippen molar-refractivity contribution in [2.24, 2.45) is 12.8 Å². The minimum absolute atomic E-state index is 0.411. The van der Waals surface area contributed by atoms with Crippen LogP contribution in [0, 0.1) is 0 Å². The van der Waals surface area contributed by atoms with Crippen LogP contribution in [0.1, 0.15) is 18.3 Å². The van der Waals surface area contributed by atoms with Gasteiger partial charge < -0.3 is 10.5 Å². The Labute approximate surface area is 103 Å². The molecule has 2 N–H and O–H groups in total. The van der Waals surface area contributed by atoms with E-state index in [1.807, 2.05) is 14.0 Å². The first kappa shape index (κ1) is 13.2. The molecule has 0 spiro atoms. The molecular weight excluding hydrogens is 274 g/mol. The van der Waals surface area contributed by atoms with Crippen LogP contribution in [0.4, 0.5) is 0 Å². The van der Waals surface area contributed by atoms with Gasteiger partial charge in [-0.1, -0.05) is 6.92 Å². The Morgan fingerprint density at radius 1 is 1.69 bits per heavy atom. The van der Waals surface area contributed by atoms with Gasteiger partial charge in [-0.25, -0.2) is 0 Å². The molecule has 1 aromatic rings. The van der Waals surface area contributed by atoms with Gasteiger partial charge in [-0.15, -0.1) is 0 Å². The zero-order chi connectivity index (χ0) is 12.3. The fraction of sp³-hybridized carbons (Fsp3) is 0.600. The lowest BCUT2D eigenvalue weighted by Gasteiger charge is -2.09. The smallest absolute Gasteiger partial charge is 0.323 e. The normalized spacial score (nSPS) is 12.6. The molecule has 0 saturated carbocycles. The average molecular weight is 290 g/mol. The Bertz CT molecular complexity index is 390. The molecular formula is C10H16BrN3O2. The summed E-state index contributed by atoms with van der Waals surface area (Å²) in [7, 11) is 3.17.